The van der Waals surface area contributed by atoms with Crippen LogP contribution in [0.4, 0.5) is 17.2 Å². The Labute approximate surface area is 205 Å². The van der Waals surface area contributed by atoms with Crippen LogP contribution in [0.5, 0.6) is 5.75 Å². The number of aromatic nitrogens is 2. The maximum atomic E-state index is 12.3. The van der Waals surface area contributed by atoms with E-state index in [1.165, 1.54) is 19.1 Å². The summed E-state index contributed by atoms with van der Waals surface area (Å²) in [6.45, 7) is 8.43. The highest BCUT2D eigenvalue weighted by Gasteiger charge is 2.18. The average Bonchev–Trinajstić information content (AvgIpc) is 2.72. The van der Waals surface area contributed by atoms with Gasteiger partial charge in [0.15, 0.2) is 9.84 Å². The molecule has 0 aliphatic rings. The number of pyridine rings is 2. The number of nitrogens with one attached hydrogen (secondary N) is 2. The number of hydrogen-bond donors (Lipinski definition) is 3. The Balaban J connectivity index is 2.11. The molecule has 2 aromatic heterocycles. The predicted octanol–water partition coefficient (Wildman–Crippen LogP) is 4.26. The number of aliphatic hydroxyl groups is 1. The summed E-state index contributed by atoms with van der Waals surface area (Å²) in [7, 11) is -3.51. The Hall–Kier alpha value is -3.50. The van der Waals surface area contributed by atoms with Crippen LogP contribution in [-0.4, -0.2) is 41.8 Å². The van der Waals surface area contributed by atoms with Crippen LogP contribution in [0, 0.1) is 0 Å². The van der Waals surface area contributed by atoms with Crippen molar-refractivity contribution in [3.8, 4) is 17.0 Å². The molecule has 2 heterocycles. The monoisotopic (exact) mass is 498 g/mol. The molecule has 0 bridgehead atoms. The molecule has 9 nitrogen and oxygen atoms in total. The predicted molar refractivity (Wildman–Crippen MR) is 136 cm³/mol. The standard InChI is InChI=1S/C25H30N4O5S/c1-15(2)34-19-9-18(10-20(11-19)35(6,32)33)29-23-12-24(28-16(3)30)27-14-21(23)22-8-7-17(13-26-22)25(4,5)31/h7-15,31H,1-6H3,(H2,27,28,29,30). The van der Waals surface area contributed by atoms with E-state index in [-0.39, 0.29) is 16.9 Å². The first-order valence-electron chi connectivity index (χ1n) is 11.0. The molecule has 3 N–H and O–H groups in total. The molecule has 0 saturated carbocycles. The van der Waals surface area contributed by atoms with Crippen molar-refractivity contribution in [3.05, 3.63) is 54.4 Å². The number of anilines is 3. The third kappa shape index (κ3) is 7.00. The van der Waals surface area contributed by atoms with Crippen molar-refractivity contribution in [2.45, 2.75) is 51.2 Å². The molecule has 1 amide bonds. The van der Waals surface area contributed by atoms with Gasteiger partial charge in [0.05, 0.1) is 28.0 Å². The number of sulfone groups is 1. The number of nitrogens with zero attached hydrogens (tertiary/aromatic N) is 2. The lowest BCUT2D eigenvalue weighted by Gasteiger charge is -2.18. The normalized spacial score (nSPS) is 11.9. The number of rotatable bonds is 8. The number of hydrogen-bond acceptors (Lipinski definition) is 8. The molecule has 0 aliphatic carbocycles. The second-order valence-electron chi connectivity index (χ2n) is 9.04. The molecule has 0 saturated heterocycles. The van der Waals surface area contributed by atoms with Gasteiger partial charge in [0.1, 0.15) is 11.6 Å². The lowest BCUT2D eigenvalue weighted by atomic mass is 9.99. The van der Waals surface area contributed by atoms with Crippen LogP contribution in [-0.2, 0) is 20.2 Å². The minimum Gasteiger partial charge on any atom is -0.491 e. The Morgan fingerprint density at radius 3 is 2.34 bits per heavy atom. The molecule has 0 unspecified atom stereocenters. The van der Waals surface area contributed by atoms with Crippen LogP contribution >= 0.6 is 0 Å². The van der Waals surface area contributed by atoms with Crippen molar-refractivity contribution in [2.24, 2.45) is 0 Å². The van der Waals surface area contributed by atoms with E-state index in [4.69, 9.17) is 4.74 Å². The van der Waals surface area contributed by atoms with Gasteiger partial charge in [0, 0.05) is 54.5 Å². The first-order valence-corrected chi connectivity index (χ1v) is 12.9. The van der Waals surface area contributed by atoms with Crippen LogP contribution in [0.2, 0.25) is 0 Å². The van der Waals surface area contributed by atoms with E-state index in [9.17, 15) is 18.3 Å². The molecule has 3 aromatic rings. The fourth-order valence-corrected chi connectivity index (χ4v) is 3.95. The highest BCUT2D eigenvalue weighted by molar-refractivity contribution is 7.90. The molecule has 3 rings (SSSR count). The topological polar surface area (TPSA) is 131 Å². The van der Waals surface area contributed by atoms with E-state index in [0.29, 0.717) is 39.8 Å². The second kappa shape index (κ2) is 10.0. The Kier molecular flexibility index (Phi) is 7.47. The van der Waals surface area contributed by atoms with Gasteiger partial charge < -0.3 is 20.5 Å². The SMILES string of the molecule is CC(=O)Nc1cc(Nc2cc(OC(C)C)cc(S(C)(=O)=O)c2)c(-c2ccc(C(C)(C)O)cn2)cn1. The first kappa shape index (κ1) is 26.1. The summed E-state index contributed by atoms with van der Waals surface area (Å²) in [4.78, 5) is 20.5. The molecule has 0 aliphatic heterocycles. The smallest absolute Gasteiger partial charge is 0.222 e. The van der Waals surface area contributed by atoms with Gasteiger partial charge in [-0.25, -0.2) is 13.4 Å². The van der Waals surface area contributed by atoms with Crippen molar-refractivity contribution in [1.29, 1.82) is 0 Å². The van der Waals surface area contributed by atoms with Crippen molar-refractivity contribution >= 4 is 32.9 Å². The van der Waals surface area contributed by atoms with Gasteiger partial charge in [-0.15, -0.1) is 0 Å². The van der Waals surface area contributed by atoms with Crippen LogP contribution in [0.25, 0.3) is 11.3 Å². The highest BCUT2D eigenvalue weighted by atomic mass is 32.2. The van der Waals surface area contributed by atoms with Crippen molar-refractivity contribution in [2.75, 3.05) is 16.9 Å². The number of amides is 1. The summed E-state index contributed by atoms with van der Waals surface area (Å²) < 4.78 is 30.3. The summed E-state index contributed by atoms with van der Waals surface area (Å²) in [5.74, 6) is 0.432. The fraction of sp³-hybridized carbons (Fsp3) is 0.320. The van der Waals surface area contributed by atoms with Crippen molar-refractivity contribution in [1.82, 2.24) is 9.97 Å². The first-order chi connectivity index (χ1) is 16.2. The maximum Gasteiger partial charge on any atom is 0.222 e. The third-order valence-electron chi connectivity index (χ3n) is 4.91. The molecule has 35 heavy (non-hydrogen) atoms. The summed E-state index contributed by atoms with van der Waals surface area (Å²) in [5.41, 5.74) is 1.79. The number of ether oxygens (including phenoxy) is 1. The lowest BCUT2D eigenvalue weighted by Crippen LogP contribution is -2.15. The average molecular weight is 499 g/mol. The minimum absolute atomic E-state index is 0.100. The van der Waals surface area contributed by atoms with E-state index in [2.05, 4.69) is 20.6 Å². The summed E-state index contributed by atoms with van der Waals surface area (Å²) in [6, 6.07) is 9.85. The largest absolute Gasteiger partial charge is 0.491 e. The third-order valence-corrected chi connectivity index (χ3v) is 6.00. The van der Waals surface area contributed by atoms with E-state index >= 15 is 0 Å². The molecule has 0 atom stereocenters. The van der Waals surface area contributed by atoms with Crippen molar-refractivity contribution < 1.29 is 23.1 Å². The molecule has 10 heteroatoms. The Bertz CT molecular complexity index is 1330. The van der Waals surface area contributed by atoms with E-state index in [1.54, 1.807) is 50.5 Å². The van der Waals surface area contributed by atoms with Crippen LogP contribution in [0.15, 0.2) is 53.7 Å². The fourth-order valence-electron chi connectivity index (χ4n) is 3.28. The molecular weight excluding hydrogens is 468 g/mol. The molecule has 0 spiro atoms. The zero-order valence-corrected chi connectivity index (χ0v) is 21.4. The second-order valence-corrected chi connectivity index (χ2v) is 11.1. The summed E-state index contributed by atoms with van der Waals surface area (Å²) in [6.07, 6.45) is 4.12. The Morgan fingerprint density at radius 2 is 1.80 bits per heavy atom. The molecule has 1 aromatic carbocycles. The maximum absolute atomic E-state index is 12.3. The number of benzene rings is 1. The zero-order valence-electron chi connectivity index (χ0n) is 20.6. The summed E-state index contributed by atoms with van der Waals surface area (Å²) in [5, 5.41) is 16.1. The van der Waals surface area contributed by atoms with Gasteiger partial charge in [-0.1, -0.05) is 6.07 Å². The van der Waals surface area contributed by atoms with Crippen LogP contribution in [0.3, 0.4) is 0 Å². The highest BCUT2D eigenvalue weighted by Crippen LogP contribution is 2.34. The van der Waals surface area contributed by atoms with Crippen molar-refractivity contribution in [3.63, 3.8) is 0 Å². The molecule has 0 radical (unpaired) electrons. The quantitative estimate of drug-likeness (QED) is 0.420. The van der Waals surface area contributed by atoms with Gasteiger partial charge in [-0.05, 0) is 45.9 Å². The van der Waals surface area contributed by atoms with E-state index in [0.717, 1.165) is 6.26 Å². The van der Waals surface area contributed by atoms with Gasteiger partial charge in [-0.3, -0.25) is 9.78 Å². The van der Waals surface area contributed by atoms with Crippen LogP contribution < -0.4 is 15.4 Å². The molecule has 0 fully saturated rings. The lowest BCUT2D eigenvalue weighted by molar-refractivity contribution is -0.114. The number of carbonyl (C=O) groups is 1. The van der Waals surface area contributed by atoms with Gasteiger partial charge >= 0.3 is 0 Å². The zero-order chi connectivity index (χ0) is 26.0. The van der Waals surface area contributed by atoms with E-state index < -0.39 is 15.4 Å². The van der Waals surface area contributed by atoms with Gasteiger partial charge in [-0.2, -0.15) is 0 Å². The van der Waals surface area contributed by atoms with Gasteiger partial charge in [0.25, 0.3) is 0 Å². The summed E-state index contributed by atoms with van der Waals surface area (Å²) >= 11 is 0. The minimum atomic E-state index is -3.51. The van der Waals surface area contributed by atoms with E-state index in [1.807, 2.05) is 13.8 Å². The molecule has 186 valence electrons. The van der Waals surface area contributed by atoms with Gasteiger partial charge in [0.2, 0.25) is 5.91 Å². The molecular formula is C25H30N4O5S. The number of carbonyl (C=O) groups excluding carboxylic acids is 1. The van der Waals surface area contributed by atoms with Crippen LogP contribution in [0.1, 0.15) is 40.2 Å². The Morgan fingerprint density at radius 1 is 1.09 bits per heavy atom.